The molecule has 0 bridgehead atoms. The summed E-state index contributed by atoms with van der Waals surface area (Å²) in [6.45, 7) is 11.6. The lowest BCUT2D eigenvalue weighted by Crippen LogP contribution is -2.41. The standard InChI is InChI=1S/C16H29N3O/c1-5-17-16(13(2)3)14-6-7-19(10-14)12-15-11-18(4)8-9-20-15/h6-7,10,13,15-17H,5,8-9,11-12H2,1-4H3. The highest BCUT2D eigenvalue weighted by atomic mass is 16.5. The van der Waals surface area contributed by atoms with Gasteiger partial charge in [-0.2, -0.15) is 0 Å². The van der Waals surface area contributed by atoms with Gasteiger partial charge in [-0.15, -0.1) is 0 Å². The van der Waals surface area contributed by atoms with Crippen LogP contribution in [-0.4, -0.2) is 48.9 Å². The van der Waals surface area contributed by atoms with E-state index in [0.717, 1.165) is 32.8 Å². The summed E-state index contributed by atoms with van der Waals surface area (Å²) in [5, 5.41) is 3.57. The Morgan fingerprint density at radius 2 is 2.25 bits per heavy atom. The lowest BCUT2D eigenvalue weighted by Gasteiger charge is -2.30. The predicted octanol–water partition coefficient (Wildman–Crippen LogP) is 2.13. The lowest BCUT2D eigenvalue weighted by atomic mass is 9.98. The van der Waals surface area contributed by atoms with Gasteiger partial charge in [-0.05, 0) is 31.1 Å². The molecule has 20 heavy (non-hydrogen) atoms. The molecule has 1 aromatic rings. The summed E-state index contributed by atoms with van der Waals surface area (Å²) >= 11 is 0. The second-order valence-electron chi connectivity index (χ2n) is 6.18. The Hall–Kier alpha value is -0.840. The van der Waals surface area contributed by atoms with Gasteiger partial charge in [0.05, 0.1) is 12.7 Å². The van der Waals surface area contributed by atoms with Crippen LogP contribution in [0.4, 0.5) is 0 Å². The quantitative estimate of drug-likeness (QED) is 0.865. The third kappa shape index (κ3) is 4.08. The molecule has 1 N–H and O–H groups in total. The van der Waals surface area contributed by atoms with Crippen LogP contribution in [0.5, 0.6) is 0 Å². The smallest absolute Gasteiger partial charge is 0.0880 e. The van der Waals surface area contributed by atoms with E-state index >= 15 is 0 Å². The van der Waals surface area contributed by atoms with Gasteiger partial charge in [0.2, 0.25) is 0 Å². The molecule has 1 saturated heterocycles. The molecule has 0 aliphatic carbocycles. The molecule has 1 fully saturated rings. The molecule has 0 radical (unpaired) electrons. The normalized spacial score (nSPS) is 22.4. The van der Waals surface area contributed by atoms with Crippen LogP contribution in [0.25, 0.3) is 0 Å². The molecular weight excluding hydrogens is 250 g/mol. The highest BCUT2D eigenvalue weighted by Crippen LogP contribution is 2.22. The molecule has 1 aliphatic heterocycles. The number of ether oxygens (including phenoxy) is 1. The third-order valence-electron chi connectivity index (χ3n) is 3.98. The zero-order valence-electron chi connectivity index (χ0n) is 13.3. The first-order valence-corrected chi connectivity index (χ1v) is 7.79. The Kier molecular flexibility index (Phi) is 5.64. The maximum atomic E-state index is 5.84. The molecule has 0 spiro atoms. The largest absolute Gasteiger partial charge is 0.374 e. The first-order chi connectivity index (χ1) is 9.60. The molecule has 4 heteroatoms. The molecule has 1 aromatic heterocycles. The van der Waals surface area contributed by atoms with Gasteiger partial charge < -0.3 is 19.5 Å². The Morgan fingerprint density at radius 1 is 1.45 bits per heavy atom. The van der Waals surface area contributed by atoms with Crippen molar-refractivity contribution in [3.63, 3.8) is 0 Å². The monoisotopic (exact) mass is 279 g/mol. The van der Waals surface area contributed by atoms with Crippen LogP contribution in [0.15, 0.2) is 18.5 Å². The molecule has 4 nitrogen and oxygen atoms in total. The molecular formula is C16H29N3O. The molecule has 1 aliphatic rings. The van der Waals surface area contributed by atoms with Crippen LogP contribution in [0.1, 0.15) is 32.4 Å². The fraction of sp³-hybridized carbons (Fsp3) is 0.750. The van der Waals surface area contributed by atoms with Gasteiger partial charge in [-0.3, -0.25) is 0 Å². The number of rotatable bonds is 6. The average molecular weight is 279 g/mol. The van der Waals surface area contributed by atoms with Gasteiger partial charge >= 0.3 is 0 Å². The first-order valence-electron chi connectivity index (χ1n) is 7.79. The Bertz CT molecular complexity index is 402. The minimum absolute atomic E-state index is 0.311. The number of likely N-dealkylation sites (N-methyl/N-ethyl adjacent to an activating group) is 1. The number of morpholine rings is 1. The van der Waals surface area contributed by atoms with E-state index in [1.54, 1.807) is 0 Å². The summed E-state index contributed by atoms with van der Waals surface area (Å²) in [7, 11) is 2.16. The van der Waals surface area contributed by atoms with Crippen molar-refractivity contribution >= 4 is 0 Å². The van der Waals surface area contributed by atoms with Crippen molar-refractivity contribution in [2.24, 2.45) is 5.92 Å². The molecule has 2 heterocycles. The summed E-state index contributed by atoms with van der Waals surface area (Å²) in [6, 6.07) is 2.68. The van der Waals surface area contributed by atoms with Gasteiger partial charge in [0.15, 0.2) is 0 Å². The Morgan fingerprint density at radius 3 is 2.90 bits per heavy atom. The van der Waals surface area contributed by atoms with Crippen molar-refractivity contribution in [2.45, 2.75) is 39.5 Å². The van der Waals surface area contributed by atoms with Crippen LogP contribution >= 0.6 is 0 Å². The van der Waals surface area contributed by atoms with E-state index in [1.165, 1.54) is 5.56 Å². The average Bonchev–Trinajstić information content (AvgIpc) is 2.83. The Balaban J connectivity index is 1.97. The maximum Gasteiger partial charge on any atom is 0.0880 e. The molecule has 2 atom stereocenters. The lowest BCUT2D eigenvalue weighted by molar-refractivity contribution is -0.0274. The number of nitrogens with zero attached hydrogens (tertiary/aromatic N) is 2. The molecule has 0 amide bonds. The molecule has 2 unspecified atom stereocenters. The fourth-order valence-electron chi connectivity index (χ4n) is 2.93. The zero-order chi connectivity index (χ0) is 14.5. The van der Waals surface area contributed by atoms with Crippen molar-refractivity contribution in [3.8, 4) is 0 Å². The number of aromatic nitrogens is 1. The minimum Gasteiger partial charge on any atom is -0.374 e. The van der Waals surface area contributed by atoms with E-state index < -0.39 is 0 Å². The molecule has 0 saturated carbocycles. The summed E-state index contributed by atoms with van der Waals surface area (Å²) < 4.78 is 8.11. The van der Waals surface area contributed by atoms with E-state index in [1.807, 2.05) is 0 Å². The first kappa shape index (κ1) is 15.5. The van der Waals surface area contributed by atoms with Crippen molar-refractivity contribution in [2.75, 3.05) is 33.3 Å². The number of hydrogen-bond donors (Lipinski definition) is 1. The predicted molar refractivity (Wildman–Crippen MR) is 82.9 cm³/mol. The van der Waals surface area contributed by atoms with E-state index in [2.05, 4.69) is 61.1 Å². The number of nitrogens with one attached hydrogen (secondary N) is 1. The third-order valence-corrected chi connectivity index (χ3v) is 3.98. The highest BCUT2D eigenvalue weighted by Gasteiger charge is 2.19. The topological polar surface area (TPSA) is 29.4 Å². The molecule has 2 rings (SSSR count). The van der Waals surface area contributed by atoms with Crippen LogP contribution in [0, 0.1) is 5.92 Å². The second kappa shape index (κ2) is 7.25. The summed E-state index contributed by atoms with van der Waals surface area (Å²) in [5.41, 5.74) is 1.38. The SMILES string of the molecule is CCNC(c1ccn(CC2CN(C)CCO2)c1)C(C)C. The van der Waals surface area contributed by atoms with E-state index in [-0.39, 0.29) is 0 Å². The van der Waals surface area contributed by atoms with Crippen molar-refractivity contribution < 1.29 is 4.74 Å². The molecule has 0 aromatic carbocycles. The summed E-state index contributed by atoms with van der Waals surface area (Å²) in [6.07, 6.45) is 4.76. The number of hydrogen-bond acceptors (Lipinski definition) is 3. The van der Waals surface area contributed by atoms with Gasteiger partial charge in [0.1, 0.15) is 0 Å². The van der Waals surface area contributed by atoms with Gasteiger partial charge in [-0.25, -0.2) is 0 Å². The van der Waals surface area contributed by atoms with Crippen LogP contribution in [-0.2, 0) is 11.3 Å². The second-order valence-corrected chi connectivity index (χ2v) is 6.18. The van der Waals surface area contributed by atoms with Gasteiger partial charge in [-0.1, -0.05) is 20.8 Å². The van der Waals surface area contributed by atoms with Gasteiger partial charge in [0.25, 0.3) is 0 Å². The van der Waals surface area contributed by atoms with Crippen molar-refractivity contribution in [3.05, 3.63) is 24.0 Å². The van der Waals surface area contributed by atoms with Crippen LogP contribution in [0.2, 0.25) is 0 Å². The van der Waals surface area contributed by atoms with E-state index in [0.29, 0.717) is 18.1 Å². The van der Waals surface area contributed by atoms with Crippen LogP contribution in [0.3, 0.4) is 0 Å². The highest BCUT2D eigenvalue weighted by molar-refractivity contribution is 5.16. The maximum absolute atomic E-state index is 5.84. The Labute approximate surface area is 123 Å². The summed E-state index contributed by atoms with van der Waals surface area (Å²) in [5.74, 6) is 0.600. The summed E-state index contributed by atoms with van der Waals surface area (Å²) in [4.78, 5) is 2.34. The van der Waals surface area contributed by atoms with Crippen molar-refractivity contribution in [1.29, 1.82) is 0 Å². The zero-order valence-corrected chi connectivity index (χ0v) is 13.3. The van der Waals surface area contributed by atoms with Crippen molar-refractivity contribution in [1.82, 2.24) is 14.8 Å². The van der Waals surface area contributed by atoms with E-state index in [4.69, 9.17) is 4.74 Å². The van der Waals surface area contributed by atoms with Crippen LogP contribution < -0.4 is 5.32 Å². The minimum atomic E-state index is 0.311. The molecule has 114 valence electrons. The van der Waals surface area contributed by atoms with E-state index in [9.17, 15) is 0 Å². The fourth-order valence-corrected chi connectivity index (χ4v) is 2.93. The van der Waals surface area contributed by atoms with Gasteiger partial charge in [0, 0.05) is 38.1 Å².